The van der Waals surface area contributed by atoms with E-state index >= 15 is 0 Å². The molecule has 0 aliphatic carbocycles. The molecule has 0 bridgehead atoms. The lowest BCUT2D eigenvalue weighted by Gasteiger charge is -2.41. The van der Waals surface area contributed by atoms with E-state index in [9.17, 15) is 0 Å². The first kappa shape index (κ1) is 13.3. The van der Waals surface area contributed by atoms with Crippen LogP contribution in [0.5, 0.6) is 0 Å². The van der Waals surface area contributed by atoms with E-state index in [1.807, 2.05) is 0 Å². The monoisotopic (exact) mass is 239 g/mol. The number of nitrogens with one attached hydrogen (secondary N) is 1. The summed E-state index contributed by atoms with van der Waals surface area (Å²) in [7, 11) is 4.58. The summed E-state index contributed by atoms with van der Waals surface area (Å²) in [6, 6.07) is 1.53. The predicted molar refractivity (Wildman–Crippen MR) is 73.3 cm³/mol. The van der Waals surface area contributed by atoms with Gasteiger partial charge in [0.25, 0.3) is 0 Å². The second-order valence-electron chi connectivity index (χ2n) is 6.66. The molecule has 0 amide bonds. The van der Waals surface area contributed by atoms with Crippen LogP contribution in [0.25, 0.3) is 0 Å². The van der Waals surface area contributed by atoms with Crippen molar-refractivity contribution >= 4 is 0 Å². The number of rotatable bonds is 3. The highest BCUT2D eigenvalue weighted by Crippen LogP contribution is 2.28. The van der Waals surface area contributed by atoms with Gasteiger partial charge in [0, 0.05) is 25.2 Å². The highest BCUT2D eigenvalue weighted by atomic mass is 15.2. The van der Waals surface area contributed by atoms with Crippen LogP contribution >= 0.6 is 0 Å². The van der Waals surface area contributed by atoms with Crippen LogP contribution < -0.4 is 5.32 Å². The van der Waals surface area contributed by atoms with Crippen LogP contribution in [0, 0.1) is 5.41 Å². The lowest BCUT2D eigenvalue weighted by molar-refractivity contribution is 0.0798. The Labute approximate surface area is 107 Å². The fourth-order valence-electron chi connectivity index (χ4n) is 3.40. The molecule has 2 aliphatic heterocycles. The van der Waals surface area contributed by atoms with Crippen molar-refractivity contribution in [1.29, 1.82) is 0 Å². The number of likely N-dealkylation sites (tertiary alicyclic amines) is 1. The van der Waals surface area contributed by atoms with Crippen molar-refractivity contribution in [2.45, 2.75) is 45.2 Å². The van der Waals surface area contributed by atoms with Gasteiger partial charge >= 0.3 is 0 Å². The molecule has 2 heterocycles. The normalized spacial score (nSPS) is 40.1. The summed E-state index contributed by atoms with van der Waals surface area (Å²) in [5, 5.41) is 3.50. The van der Waals surface area contributed by atoms with E-state index in [4.69, 9.17) is 0 Å². The third kappa shape index (κ3) is 3.21. The van der Waals surface area contributed by atoms with Gasteiger partial charge in [-0.2, -0.15) is 0 Å². The van der Waals surface area contributed by atoms with Crippen molar-refractivity contribution < 1.29 is 0 Å². The quantitative estimate of drug-likeness (QED) is 0.803. The average Bonchev–Trinajstić information content (AvgIpc) is 2.69. The van der Waals surface area contributed by atoms with Crippen LogP contribution in [0.3, 0.4) is 0 Å². The lowest BCUT2D eigenvalue weighted by Crippen LogP contribution is -2.49. The Hall–Kier alpha value is -0.120. The van der Waals surface area contributed by atoms with Gasteiger partial charge in [-0.3, -0.25) is 0 Å². The SMILES string of the molecule is CC1CC(N(C)CC2(C)CCNC2)CCN1C. The van der Waals surface area contributed by atoms with Gasteiger partial charge in [-0.25, -0.2) is 0 Å². The second-order valence-corrected chi connectivity index (χ2v) is 6.66. The average molecular weight is 239 g/mol. The summed E-state index contributed by atoms with van der Waals surface area (Å²) in [5.41, 5.74) is 0.501. The first-order valence-corrected chi connectivity index (χ1v) is 7.11. The van der Waals surface area contributed by atoms with Crippen molar-refractivity contribution in [3.63, 3.8) is 0 Å². The largest absolute Gasteiger partial charge is 0.316 e. The molecule has 0 aromatic heterocycles. The topological polar surface area (TPSA) is 18.5 Å². The minimum Gasteiger partial charge on any atom is -0.316 e. The van der Waals surface area contributed by atoms with E-state index in [0.717, 1.165) is 12.1 Å². The van der Waals surface area contributed by atoms with Gasteiger partial charge < -0.3 is 15.1 Å². The van der Waals surface area contributed by atoms with E-state index in [1.54, 1.807) is 0 Å². The van der Waals surface area contributed by atoms with Crippen LogP contribution in [0.4, 0.5) is 0 Å². The highest BCUT2D eigenvalue weighted by Gasteiger charge is 2.33. The molecule has 0 spiro atoms. The van der Waals surface area contributed by atoms with Gasteiger partial charge in [-0.15, -0.1) is 0 Å². The van der Waals surface area contributed by atoms with Crippen molar-refractivity contribution in [3.8, 4) is 0 Å². The fourth-order valence-corrected chi connectivity index (χ4v) is 3.40. The predicted octanol–water partition coefficient (Wildman–Crippen LogP) is 1.40. The second kappa shape index (κ2) is 5.25. The maximum absolute atomic E-state index is 3.50. The molecule has 17 heavy (non-hydrogen) atoms. The van der Waals surface area contributed by atoms with E-state index in [-0.39, 0.29) is 0 Å². The molecule has 100 valence electrons. The van der Waals surface area contributed by atoms with Gasteiger partial charge in [0.1, 0.15) is 0 Å². The molecule has 1 N–H and O–H groups in total. The molecule has 3 heteroatoms. The number of hydrogen-bond donors (Lipinski definition) is 1. The summed E-state index contributed by atoms with van der Waals surface area (Å²) in [6.45, 7) is 9.70. The standard InChI is InChI=1S/C14H29N3/c1-12-9-13(5-8-16(12)3)17(4)11-14(2)6-7-15-10-14/h12-13,15H,5-11H2,1-4H3. The van der Waals surface area contributed by atoms with Crippen LogP contribution in [0.1, 0.15) is 33.1 Å². The number of nitrogens with zero attached hydrogens (tertiary/aromatic N) is 2. The Bertz CT molecular complexity index is 248. The molecule has 0 saturated carbocycles. The smallest absolute Gasteiger partial charge is 0.0119 e. The highest BCUT2D eigenvalue weighted by molar-refractivity contribution is 4.89. The Morgan fingerprint density at radius 3 is 2.82 bits per heavy atom. The molecule has 0 aromatic rings. The first-order valence-electron chi connectivity index (χ1n) is 7.11. The van der Waals surface area contributed by atoms with Crippen LogP contribution in [-0.4, -0.2) is 62.2 Å². The summed E-state index contributed by atoms with van der Waals surface area (Å²) < 4.78 is 0. The van der Waals surface area contributed by atoms with E-state index in [1.165, 1.54) is 45.4 Å². The molecule has 2 saturated heterocycles. The molecule has 3 nitrogen and oxygen atoms in total. The molecule has 0 aromatic carbocycles. The van der Waals surface area contributed by atoms with Crippen LogP contribution in [0.15, 0.2) is 0 Å². The molecule has 2 aliphatic rings. The Balaban J connectivity index is 1.85. The molecule has 0 radical (unpaired) electrons. The van der Waals surface area contributed by atoms with Gasteiger partial charge in [-0.1, -0.05) is 6.92 Å². The van der Waals surface area contributed by atoms with Gasteiger partial charge in [-0.05, 0) is 58.8 Å². The molecule has 3 atom stereocenters. The van der Waals surface area contributed by atoms with Crippen molar-refractivity contribution in [2.75, 3.05) is 40.3 Å². The first-order chi connectivity index (χ1) is 8.00. The Kier molecular flexibility index (Phi) is 4.11. The summed E-state index contributed by atoms with van der Waals surface area (Å²) in [5.74, 6) is 0. The van der Waals surface area contributed by atoms with E-state index < -0.39 is 0 Å². The Morgan fingerprint density at radius 2 is 2.24 bits per heavy atom. The third-order valence-electron chi connectivity index (χ3n) is 4.89. The fraction of sp³-hybridized carbons (Fsp3) is 1.00. The molecule has 3 unspecified atom stereocenters. The van der Waals surface area contributed by atoms with Gasteiger partial charge in [0.15, 0.2) is 0 Å². The van der Waals surface area contributed by atoms with Crippen molar-refractivity contribution in [3.05, 3.63) is 0 Å². The minimum atomic E-state index is 0.501. The zero-order valence-corrected chi connectivity index (χ0v) is 12.0. The number of hydrogen-bond acceptors (Lipinski definition) is 3. The molecule has 2 fully saturated rings. The third-order valence-corrected chi connectivity index (χ3v) is 4.89. The van der Waals surface area contributed by atoms with E-state index in [2.05, 4.69) is 43.1 Å². The maximum Gasteiger partial charge on any atom is 0.0119 e. The minimum absolute atomic E-state index is 0.501. The molecular formula is C14H29N3. The van der Waals surface area contributed by atoms with E-state index in [0.29, 0.717) is 5.41 Å². The molecular weight excluding hydrogens is 210 g/mol. The van der Waals surface area contributed by atoms with Crippen LogP contribution in [0.2, 0.25) is 0 Å². The van der Waals surface area contributed by atoms with Crippen molar-refractivity contribution in [2.24, 2.45) is 5.41 Å². The summed E-state index contributed by atoms with van der Waals surface area (Å²) in [6.07, 6.45) is 4.00. The zero-order valence-electron chi connectivity index (χ0n) is 12.0. The van der Waals surface area contributed by atoms with Crippen LogP contribution in [-0.2, 0) is 0 Å². The lowest BCUT2D eigenvalue weighted by atomic mass is 9.87. The molecule has 2 rings (SSSR count). The zero-order chi connectivity index (χ0) is 12.5. The Morgan fingerprint density at radius 1 is 1.47 bits per heavy atom. The summed E-state index contributed by atoms with van der Waals surface area (Å²) in [4.78, 5) is 5.11. The number of piperidine rings is 1. The summed E-state index contributed by atoms with van der Waals surface area (Å²) >= 11 is 0. The maximum atomic E-state index is 3.50. The van der Waals surface area contributed by atoms with Gasteiger partial charge in [0.2, 0.25) is 0 Å². The van der Waals surface area contributed by atoms with Gasteiger partial charge in [0.05, 0.1) is 0 Å². The van der Waals surface area contributed by atoms with Crippen molar-refractivity contribution in [1.82, 2.24) is 15.1 Å².